The first-order valence-electron chi connectivity index (χ1n) is 9.30. The number of amides is 2. The summed E-state index contributed by atoms with van der Waals surface area (Å²) in [6.45, 7) is 1.81. The highest BCUT2D eigenvalue weighted by molar-refractivity contribution is 9.10. The molecule has 0 bridgehead atoms. The van der Waals surface area contributed by atoms with Gasteiger partial charge in [0.2, 0.25) is 0 Å². The molecule has 0 heterocycles. The summed E-state index contributed by atoms with van der Waals surface area (Å²) < 4.78 is 20.1. The van der Waals surface area contributed by atoms with E-state index in [9.17, 15) is 14.0 Å². The van der Waals surface area contributed by atoms with Crippen molar-refractivity contribution in [2.24, 2.45) is 5.10 Å². The van der Waals surface area contributed by atoms with Crippen molar-refractivity contribution in [2.45, 2.75) is 13.5 Å². The molecule has 0 unspecified atom stereocenters. The summed E-state index contributed by atoms with van der Waals surface area (Å²) in [6, 6.07) is 20.2. The lowest BCUT2D eigenvalue weighted by atomic mass is 10.1. The topological polar surface area (TPSA) is 79.8 Å². The molecule has 3 aromatic rings. The van der Waals surface area contributed by atoms with Gasteiger partial charge in [0.15, 0.2) is 0 Å². The molecule has 0 spiro atoms. The predicted molar refractivity (Wildman–Crippen MR) is 120 cm³/mol. The number of hydrogen-bond donors (Lipinski definition) is 2. The zero-order valence-corrected chi connectivity index (χ0v) is 18.1. The number of carbonyl (C=O) groups excluding carboxylic acids is 2. The molecule has 2 amide bonds. The number of nitrogens with one attached hydrogen (secondary N) is 2. The molecule has 0 aliphatic heterocycles. The summed E-state index contributed by atoms with van der Waals surface area (Å²) in [5.74, 6) is -1.46. The van der Waals surface area contributed by atoms with E-state index >= 15 is 0 Å². The minimum absolute atomic E-state index is 0.114. The Labute approximate surface area is 187 Å². The van der Waals surface area contributed by atoms with E-state index in [1.807, 2.05) is 0 Å². The van der Waals surface area contributed by atoms with Crippen LogP contribution in [0.1, 0.15) is 18.1 Å². The molecular weight excluding hydrogens is 465 g/mol. The molecular formula is C23H19BrFN3O3. The lowest BCUT2D eigenvalue weighted by Gasteiger charge is -2.08. The van der Waals surface area contributed by atoms with Crippen molar-refractivity contribution >= 4 is 39.1 Å². The third-order valence-corrected chi connectivity index (χ3v) is 4.79. The second-order valence-corrected chi connectivity index (χ2v) is 7.42. The van der Waals surface area contributed by atoms with Crippen molar-refractivity contribution in [3.63, 3.8) is 0 Å². The Bertz CT molecular complexity index is 1100. The van der Waals surface area contributed by atoms with E-state index in [0.717, 1.165) is 10.0 Å². The third-order valence-electron chi connectivity index (χ3n) is 4.26. The zero-order chi connectivity index (χ0) is 22.2. The van der Waals surface area contributed by atoms with Crippen LogP contribution in [0, 0.1) is 5.82 Å². The average Bonchev–Trinajstić information content (AvgIpc) is 2.78. The second kappa shape index (κ2) is 10.5. The molecule has 0 aliphatic rings. The highest BCUT2D eigenvalue weighted by atomic mass is 79.9. The van der Waals surface area contributed by atoms with E-state index in [1.54, 1.807) is 73.7 Å². The minimum Gasteiger partial charge on any atom is -0.489 e. The van der Waals surface area contributed by atoms with Crippen molar-refractivity contribution in [3.05, 3.63) is 94.2 Å². The highest BCUT2D eigenvalue weighted by Crippen LogP contribution is 2.16. The molecule has 8 heteroatoms. The van der Waals surface area contributed by atoms with Gasteiger partial charge in [0, 0.05) is 15.7 Å². The van der Waals surface area contributed by atoms with Gasteiger partial charge in [-0.3, -0.25) is 9.59 Å². The fraction of sp³-hybridized carbons (Fsp3) is 0.0870. The van der Waals surface area contributed by atoms with Gasteiger partial charge in [-0.25, -0.2) is 9.82 Å². The number of halogens is 2. The minimum atomic E-state index is -0.882. The molecule has 31 heavy (non-hydrogen) atoms. The smallest absolute Gasteiger partial charge is 0.329 e. The summed E-state index contributed by atoms with van der Waals surface area (Å²) >= 11 is 3.30. The molecule has 0 fully saturated rings. The standard InChI is InChI=1S/C23H19BrFN3O3/c1-15(27-28-23(30)22(29)26-19-10-8-18(24)9-11-19)16-6-12-20(13-7-16)31-14-17-4-2-3-5-21(17)25/h2-13H,14H2,1H3,(H,26,29)(H,28,30)/b27-15+. The SMILES string of the molecule is C/C(=N\NC(=O)C(=O)Nc1ccc(Br)cc1)c1ccc(OCc2ccccc2F)cc1. The third kappa shape index (κ3) is 6.48. The number of carbonyl (C=O) groups is 2. The predicted octanol–water partition coefficient (Wildman–Crippen LogP) is 4.65. The molecule has 6 nitrogen and oxygen atoms in total. The van der Waals surface area contributed by atoms with Crippen LogP contribution in [0.5, 0.6) is 5.75 Å². The number of benzene rings is 3. The Kier molecular flexibility index (Phi) is 7.50. The van der Waals surface area contributed by atoms with Crippen LogP contribution < -0.4 is 15.5 Å². The lowest BCUT2D eigenvalue weighted by Crippen LogP contribution is -2.32. The Balaban J connectivity index is 1.53. The molecule has 158 valence electrons. The van der Waals surface area contributed by atoms with Gasteiger partial charge in [-0.1, -0.05) is 34.1 Å². The first-order valence-corrected chi connectivity index (χ1v) is 10.1. The number of hydrogen-bond acceptors (Lipinski definition) is 4. The number of anilines is 1. The van der Waals surface area contributed by atoms with Gasteiger partial charge in [0.1, 0.15) is 18.2 Å². The van der Waals surface area contributed by atoms with Crippen LogP contribution in [0.3, 0.4) is 0 Å². The maximum Gasteiger partial charge on any atom is 0.329 e. The van der Waals surface area contributed by atoms with Crippen LogP contribution in [0.15, 0.2) is 82.4 Å². The average molecular weight is 484 g/mol. The number of rotatable bonds is 6. The number of hydrazone groups is 1. The highest BCUT2D eigenvalue weighted by Gasteiger charge is 2.13. The first kappa shape index (κ1) is 22.2. The van der Waals surface area contributed by atoms with Crippen LogP contribution in [0.4, 0.5) is 10.1 Å². The van der Waals surface area contributed by atoms with E-state index < -0.39 is 11.8 Å². The van der Waals surface area contributed by atoms with E-state index in [-0.39, 0.29) is 12.4 Å². The quantitative estimate of drug-likeness (QED) is 0.304. The largest absolute Gasteiger partial charge is 0.489 e. The van der Waals surface area contributed by atoms with Crippen molar-refractivity contribution < 1.29 is 18.7 Å². The van der Waals surface area contributed by atoms with Gasteiger partial charge in [0.05, 0.1) is 5.71 Å². The summed E-state index contributed by atoms with van der Waals surface area (Å²) in [4.78, 5) is 23.9. The Morgan fingerprint density at radius 2 is 1.65 bits per heavy atom. The number of nitrogens with zero attached hydrogens (tertiary/aromatic N) is 1. The Morgan fingerprint density at radius 3 is 2.32 bits per heavy atom. The van der Waals surface area contributed by atoms with Crippen molar-refractivity contribution in [2.75, 3.05) is 5.32 Å². The van der Waals surface area contributed by atoms with Crippen molar-refractivity contribution in [3.8, 4) is 5.75 Å². The summed E-state index contributed by atoms with van der Waals surface area (Å²) in [5, 5.41) is 6.45. The normalized spacial score (nSPS) is 11.0. The fourth-order valence-corrected chi connectivity index (χ4v) is 2.80. The van der Waals surface area contributed by atoms with Crippen molar-refractivity contribution in [1.29, 1.82) is 0 Å². The summed E-state index contributed by atoms with van der Waals surface area (Å²) in [5.41, 5.74) is 4.43. The van der Waals surface area contributed by atoms with Gasteiger partial charge in [0.25, 0.3) is 0 Å². The molecule has 0 radical (unpaired) electrons. The molecule has 2 N–H and O–H groups in total. The van der Waals surface area contributed by atoms with Gasteiger partial charge < -0.3 is 10.1 Å². The van der Waals surface area contributed by atoms with E-state index in [0.29, 0.717) is 22.7 Å². The Morgan fingerprint density at radius 1 is 0.968 bits per heavy atom. The maximum atomic E-state index is 13.6. The molecule has 3 aromatic carbocycles. The van der Waals surface area contributed by atoms with Gasteiger partial charge >= 0.3 is 11.8 Å². The fourth-order valence-electron chi connectivity index (χ4n) is 2.54. The zero-order valence-electron chi connectivity index (χ0n) is 16.6. The Hall–Kier alpha value is -3.52. The van der Waals surface area contributed by atoms with Crippen molar-refractivity contribution in [1.82, 2.24) is 5.43 Å². The molecule has 0 atom stereocenters. The van der Waals surface area contributed by atoms with Gasteiger partial charge in [-0.15, -0.1) is 0 Å². The second-order valence-electron chi connectivity index (χ2n) is 6.50. The van der Waals surface area contributed by atoms with Gasteiger partial charge in [-0.05, 0) is 67.1 Å². The van der Waals surface area contributed by atoms with E-state index in [1.165, 1.54) is 6.07 Å². The summed E-state index contributed by atoms with van der Waals surface area (Å²) in [6.07, 6.45) is 0. The maximum absolute atomic E-state index is 13.6. The molecule has 0 aromatic heterocycles. The van der Waals surface area contributed by atoms with Crippen LogP contribution >= 0.6 is 15.9 Å². The van der Waals surface area contributed by atoms with E-state index in [4.69, 9.17) is 4.74 Å². The molecule has 0 saturated carbocycles. The first-order chi connectivity index (χ1) is 14.9. The number of ether oxygens (including phenoxy) is 1. The van der Waals surface area contributed by atoms with E-state index in [2.05, 4.69) is 31.8 Å². The van der Waals surface area contributed by atoms with Crippen LogP contribution in [-0.2, 0) is 16.2 Å². The summed E-state index contributed by atoms with van der Waals surface area (Å²) in [7, 11) is 0. The van der Waals surface area contributed by atoms with Crippen LogP contribution in [0.2, 0.25) is 0 Å². The van der Waals surface area contributed by atoms with Crippen LogP contribution in [0.25, 0.3) is 0 Å². The van der Waals surface area contributed by atoms with Crippen LogP contribution in [-0.4, -0.2) is 17.5 Å². The molecule has 0 saturated heterocycles. The lowest BCUT2D eigenvalue weighted by molar-refractivity contribution is -0.136. The molecule has 3 rings (SSSR count). The monoisotopic (exact) mass is 483 g/mol. The van der Waals surface area contributed by atoms with Gasteiger partial charge in [-0.2, -0.15) is 5.10 Å². The molecule has 0 aliphatic carbocycles.